The molecular weight excluding hydrogens is 532 g/mol. The molecule has 0 aliphatic carbocycles. The van der Waals surface area contributed by atoms with Crippen LogP contribution >= 0.6 is 0 Å². The van der Waals surface area contributed by atoms with E-state index in [1.165, 1.54) is 26.4 Å². The van der Waals surface area contributed by atoms with Crippen molar-refractivity contribution in [3.8, 4) is 17.2 Å². The van der Waals surface area contributed by atoms with E-state index in [2.05, 4.69) is 10.6 Å². The third-order valence-corrected chi connectivity index (χ3v) is 6.24. The molecule has 0 aliphatic rings. The van der Waals surface area contributed by atoms with Crippen molar-refractivity contribution in [3.63, 3.8) is 0 Å². The van der Waals surface area contributed by atoms with Gasteiger partial charge in [-0.2, -0.15) is 0 Å². The van der Waals surface area contributed by atoms with Crippen LogP contribution in [0, 0.1) is 0 Å². The Bertz CT molecular complexity index is 1610. The van der Waals surface area contributed by atoms with Crippen LogP contribution < -0.4 is 24.8 Å². The lowest BCUT2D eigenvalue weighted by atomic mass is 10.1. The Balaban J connectivity index is 1.53. The molecule has 8 nitrogen and oxygen atoms in total. The van der Waals surface area contributed by atoms with E-state index in [-0.39, 0.29) is 11.5 Å². The van der Waals surface area contributed by atoms with Crippen LogP contribution in [0.4, 0.5) is 5.69 Å². The fourth-order valence-electron chi connectivity index (χ4n) is 3.95. The number of hydrogen-bond donors (Lipinski definition) is 2. The Hall–Kier alpha value is -5.63. The second-order valence-electron chi connectivity index (χ2n) is 8.99. The molecule has 4 rings (SSSR count). The minimum Gasteiger partial charge on any atom is -0.497 e. The van der Waals surface area contributed by atoms with Crippen LogP contribution in [0.2, 0.25) is 0 Å². The SMILES string of the molecule is COc1ccc(/C=C/C(=O)c2ccc(NC(=O)/C(=C/c3cc(OC)ccc3OC)NC(=O)c3ccccc3)cc2)cc1. The Morgan fingerprint density at radius 1 is 0.690 bits per heavy atom. The standard InChI is InChI=1S/C34H30N2O6/c1-40-28-16-9-23(10-17-28)11-19-31(37)24-12-14-27(15-13-24)35-34(39)30(36-33(38)25-7-5-4-6-8-25)22-26-21-29(41-2)18-20-32(26)42-3/h4-22H,1-3H3,(H,35,39)(H,36,38)/b19-11+,30-22-. The van der Waals surface area contributed by atoms with Crippen molar-refractivity contribution < 1.29 is 28.6 Å². The molecule has 0 bridgehead atoms. The van der Waals surface area contributed by atoms with Crippen LogP contribution in [-0.4, -0.2) is 38.9 Å². The zero-order chi connectivity index (χ0) is 29.9. The zero-order valence-electron chi connectivity index (χ0n) is 23.4. The number of rotatable bonds is 11. The van der Waals surface area contributed by atoms with Gasteiger partial charge in [-0.15, -0.1) is 0 Å². The summed E-state index contributed by atoms with van der Waals surface area (Å²) < 4.78 is 15.9. The summed E-state index contributed by atoms with van der Waals surface area (Å²) in [6.45, 7) is 0. The minimum atomic E-state index is -0.567. The number of carbonyl (C=O) groups is 3. The van der Waals surface area contributed by atoms with Gasteiger partial charge in [0.15, 0.2) is 5.78 Å². The first kappa shape index (κ1) is 29.4. The number of nitrogens with one attached hydrogen (secondary N) is 2. The zero-order valence-corrected chi connectivity index (χ0v) is 23.4. The quantitative estimate of drug-likeness (QED) is 0.171. The van der Waals surface area contributed by atoms with Crippen LogP contribution in [-0.2, 0) is 4.79 Å². The van der Waals surface area contributed by atoms with E-state index in [0.717, 1.165) is 11.3 Å². The van der Waals surface area contributed by atoms with Crippen LogP contribution in [0.3, 0.4) is 0 Å². The number of methoxy groups -OCH3 is 3. The Kier molecular flexibility index (Phi) is 9.88. The summed E-state index contributed by atoms with van der Waals surface area (Å²) in [5, 5.41) is 5.49. The number of ether oxygens (including phenoxy) is 3. The molecule has 0 heterocycles. The molecule has 4 aromatic carbocycles. The van der Waals surface area contributed by atoms with Crippen molar-refractivity contribution >= 4 is 35.4 Å². The fourth-order valence-corrected chi connectivity index (χ4v) is 3.95. The van der Waals surface area contributed by atoms with E-state index in [0.29, 0.717) is 33.9 Å². The number of hydrogen-bond acceptors (Lipinski definition) is 6. The summed E-state index contributed by atoms with van der Waals surface area (Å²) in [7, 11) is 4.63. The van der Waals surface area contributed by atoms with Gasteiger partial charge < -0.3 is 24.8 Å². The molecule has 0 fully saturated rings. The number of amides is 2. The molecule has 4 aromatic rings. The van der Waals surface area contributed by atoms with Crippen LogP contribution in [0.25, 0.3) is 12.2 Å². The summed E-state index contributed by atoms with van der Waals surface area (Å²) in [5.41, 5.74) is 2.65. The molecule has 0 unspecified atom stereocenters. The number of carbonyl (C=O) groups excluding carboxylic acids is 3. The Morgan fingerprint density at radius 3 is 2.00 bits per heavy atom. The van der Waals surface area contributed by atoms with Gasteiger partial charge >= 0.3 is 0 Å². The van der Waals surface area contributed by atoms with Crippen molar-refractivity contribution in [3.05, 3.63) is 131 Å². The predicted molar refractivity (Wildman–Crippen MR) is 163 cm³/mol. The molecule has 2 N–H and O–H groups in total. The number of allylic oxidation sites excluding steroid dienone is 1. The van der Waals surface area contributed by atoms with E-state index in [1.54, 1.807) is 86.0 Å². The Labute approximate surface area is 244 Å². The molecule has 0 spiro atoms. The second kappa shape index (κ2) is 14.1. The van der Waals surface area contributed by atoms with Crippen molar-refractivity contribution in [1.82, 2.24) is 5.32 Å². The third-order valence-electron chi connectivity index (χ3n) is 6.24. The minimum absolute atomic E-state index is 0.0158. The smallest absolute Gasteiger partial charge is 0.272 e. The highest BCUT2D eigenvalue weighted by molar-refractivity contribution is 6.11. The van der Waals surface area contributed by atoms with E-state index >= 15 is 0 Å². The van der Waals surface area contributed by atoms with Crippen molar-refractivity contribution in [1.29, 1.82) is 0 Å². The lowest BCUT2D eigenvalue weighted by Crippen LogP contribution is -2.30. The van der Waals surface area contributed by atoms with Gasteiger partial charge in [0.1, 0.15) is 22.9 Å². The molecule has 42 heavy (non-hydrogen) atoms. The van der Waals surface area contributed by atoms with Gasteiger partial charge in [0, 0.05) is 22.4 Å². The highest BCUT2D eigenvalue weighted by atomic mass is 16.5. The second-order valence-corrected chi connectivity index (χ2v) is 8.99. The van der Waals surface area contributed by atoms with E-state index in [1.807, 2.05) is 24.3 Å². The largest absolute Gasteiger partial charge is 0.497 e. The van der Waals surface area contributed by atoms with Gasteiger partial charge in [-0.25, -0.2) is 0 Å². The summed E-state index contributed by atoms with van der Waals surface area (Å²) >= 11 is 0. The molecule has 2 amide bonds. The molecule has 0 saturated carbocycles. The van der Waals surface area contributed by atoms with Crippen molar-refractivity contribution in [2.24, 2.45) is 0 Å². The first-order valence-electron chi connectivity index (χ1n) is 13.0. The third kappa shape index (κ3) is 7.73. The molecule has 0 radical (unpaired) electrons. The maximum absolute atomic E-state index is 13.4. The molecule has 0 saturated heterocycles. The summed E-state index contributed by atoms with van der Waals surface area (Å²) in [4.78, 5) is 39.0. The van der Waals surface area contributed by atoms with Crippen LogP contribution in [0.15, 0.2) is 109 Å². The Morgan fingerprint density at radius 2 is 1.36 bits per heavy atom. The van der Waals surface area contributed by atoms with Gasteiger partial charge in [0.25, 0.3) is 11.8 Å². The summed E-state index contributed by atoms with van der Waals surface area (Å²) in [6, 6.07) is 27.5. The monoisotopic (exact) mass is 562 g/mol. The number of benzene rings is 4. The van der Waals surface area contributed by atoms with Gasteiger partial charge in [-0.3, -0.25) is 14.4 Å². The lowest BCUT2D eigenvalue weighted by molar-refractivity contribution is -0.113. The van der Waals surface area contributed by atoms with E-state index < -0.39 is 11.8 Å². The highest BCUT2D eigenvalue weighted by Gasteiger charge is 2.17. The lowest BCUT2D eigenvalue weighted by Gasteiger charge is -2.13. The first-order valence-corrected chi connectivity index (χ1v) is 13.0. The molecule has 0 atom stereocenters. The summed E-state index contributed by atoms with van der Waals surface area (Å²) in [5.74, 6) is 0.560. The average molecular weight is 563 g/mol. The van der Waals surface area contributed by atoms with Gasteiger partial charge in [-0.1, -0.05) is 36.4 Å². The average Bonchev–Trinajstić information content (AvgIpc) is 3.04. The van der Waals surface area contributed by atoms with Gasteiger partial charge in [-0.05, 0) is 84.4 Å². The molecule has 212 valence electrons. The molecule has 0 aromatic heterocycles. The first-order chi connectivity index (χ1) is 20.4. The van der Waals surface area contributed by atoms with Gasteiger partial charge in [0.05, 0.1) is 21.3 Å². The topological polar surface area (TPSA) is 103 Å². The maximum Gasteiger partial charge on any atom is 0.272 e. The van der Waals surface area contributed by atoms with Crippen molar-refractivity contribution in [2.45, 2.75) is 0 Å². The highest BCUT2D eigenvalue weighted by Crippen LogP contribution is 2.26. The summed E-state index contributed by atoms with van der Waals surface area (Å²) in [6.07, 6.45) is 4.72. The van der Waals surface area contributed by atoms with Crippen molar-refractivity contribution in [2.75, 3.05) is 26.6 Å². The molecule has 8 heteroatoms. The molecule has 0 aliphatic heterocycles. The van der Waals surface area contributed by atoms with E-state index in [4.69, 9.17) is 14.2 Å². The van der Waals surface area contributed by atoms with Crippen LogP contribution in [0.1, 0.15) is 31.8 Å². The predicted octanol–water partition coefficient (Wildman–Crippen LogP) is 6.02. The maximum atomic E-state index is 13.4. The molecular formula is C34H30N2O6. The number of anilines is 1. The number of ketones is 1. The van der Waals surface area contributed by atoms with Crippen LogP contribution in [0.5, 0.6) is 17.2 Å². The van der Waals surface area contributed by atoms with E-state index in [9.17, 15) is 14.4 Å². The fraction of sp³-hybridized carbons (Fsp3) is 0.0882. The van der Waals surface area contributed by atoms with Gasteiger partial charge in [0.2, 0.25) is 0 Å². The normalized spacial score (nSPS) is 11.1.